The largest absolute Gasteiger partial charge is 0.265 e. The summed E-state index contributed by atoms with van der Waals surface area (Å²) >= 11 is 0. The van der Waals surface area contributed by atoms with Crippen molar-refractivity contribution in [2.24, 2.45) is 22.7 Å². The first kappa shape index (κ1) is 18.7. The Morgan fingerprint density at radius 2 is 1.44 bits per heavy atom. The molecule has 138 valence electrons. The Balaban J connectivity index is 1.41. The Morgan fingerprint density at radius 3 is 2.00 bits per heavy atom. The zero-order valence-corrected chi connectivity index (χ0v) is 16.3. The number of hydrogen-bond donors (Lipinski definition) is 0. The molecule has 0 radical (unpaired) electrons. The van der Waals surface area contributed by atoms with E-state index in [1.165, 1.54) is 82.6 Å². The molecule has 0 heterocycles. The molecule has 25 heavy (non-hydrogen) atoms. The summed E-state index contributed by atoms with van der Waals surface area (Å²) in [6.45, 7) is 5.93. The molecule has 0 N–H and O–H groups in total. The smallest absolute Gasteiger partial charge is 0.0622 e. The molecule has 0 bridgehead atoms. The fraction of sp³-hybridized carbons (Fsp3) is 0.708. The van der Waals surface area contributed by atoms with E-state index < -0.39 is 0 Å². The predicted octanol–water partition coefficient (Wildman–Crippen LogP) is 7.68. The van der Waals surface area contributed by atoms with Gasteiger partial charge in [-0.2, -0.15) is 0 Å². The van der Waals surface area contributed by atoms with Crippen LogP contribution in [0.3, 0.4) is 0 Å². The van der Waals surface area contributed by atoms with Crippen LogP contribution >= 0.6 is 0 Å². The van der Waals surface area contributed by atoms with Gasteiger partial charge in [0.25, 0.3) is 0 Å². The fourth-order valence-electron chi connectivity index (χ4n) is 5.41. The highest BCUT2D eigenvalue weighted by Gasteiger charge is 2.31. The molecule has 0 amide bonds. The molecule has 2 aliphatic carbocycles. The molecule has 0 atom stereocenters. The van der Waals surface area contributed by atoms with Crippen LogP contribution in [0.25, 0.3) is 0 Å². The quantitative estimate of drug-likeness (QED) is 0.357. The van der Waals surface area contributed by atoms with Crippen LogP contribution in [0.15, 0.2) is 29.3 Å². The lowest BCUT2D eigenvalue weighted by Crippen LogP contribution is -2.25. The van der Waals surface area contributed by atoms with Gasteiger partial charge in [0.05, 0.1) is 5.69 Å². The maximum Gasteiger partial charge on any atom is 0.0622 e. The molecular weight excluding hydrogens is 302 g/mol. The van der Waals surface area contributed by atoms with Crippen LogP contribution in [0.4, 0.5) is 5.69 Å². The van der Waals surface area contributed by atoms with Crippen molar-refractivity contribution in [3.05, 3.63) is 29.8 Å². The molecule has 0 aliphatic heterocycles. The molecule has 2 fully saturated rings. The van der Waals surface area contributed by atoms with E-state index in [0.717, 1.165) is 29.4 Å². The van der Waals surface area contributed by atoms with E-state index in [9.17, 15) is 0 Å². The first-order valence-electron chi connectivity index (χ1n) is 10.9. The van der Waals surface area contributed by atoms with Gasteiger partial charge >= 0.3 is 0 Å². The van der Waals surface area contributed by atoms with Crippen LogP contribution in [0.1, 0.15) is 95.5 Å². The van der Waals surface area contributed by atoms with Crippen LogP contribution in [-0.4, -0.2) is 6.72 Å². The summed E-state index contributed by atoms with van der Waals surface area (Å²) in [5, 5.41) is 0. The SMILES string of the molecule is C=Nc1ccc(C2CCC(C3CCC(CCCCC)CC3)CC2)cc1. The summed E-state index contributed by atoms with van der Waals surface area (Å²) in [6.07, 6.45) is 17.5. The maximum atomic E-state index is 4.01. The molecule has 1 heteroatoms. The van der Waals surface area contributed by atoms with Crippen LogP contribution < -0.4 is 0 Å². The van der Waals surface area contributed by atoms with Crippen molar-refractivity contribution in [2.45, 2.75) is 89.9 Å². The number of benzene rings is 1. The Labute approximate surface area is 155 Å². The lowest BCUT2D eigenvalue weighted by Gasteiger charge is -2.38. The minimum absolute atomic E-state index is 0.778. The lowest BCUT2D eigenvalue weighted by molar-refractivity contribution is 0.155. The highest BCUT2D eigenvalue weighted by Crippen LogP contribution is 2.44. The van der Waals surface area contributed by atoms with E-state index in [2.05, 4.69) is 42.9 Å². The van der Waals surface area contributed by atoms with Crippen molar-refractivity contribution in [3.8, 4) is 0 Å². The van der Waals surface area contributed by atoms with Crippen molar-refractivity contribution in [1.29, 1.82) is 0 Å². The number of hydrogen-bond acceptors (Lipinski definition) is 1. The van der Waals surface area contributed by atoms with Gasteiger partial charge in [0, 0.05) is 0 Å². The molecule has 0 saturated heterocycles. The third kappa shape index (κ3) is 5.19. The molecule has 1 nitrogen and oxygen atoms in total. The zero-order valence-electron chi connectivity index (χ0n) is 16.3. The van der Waals surface area contributed by atoms with E-state index in [0.29, 0.717) is 0 Å². The van der Waals surface area contributed by atoms with E-state index in [1.54, 1.807) is 0 Å². The van der Waals surface area contributed by atoms with Crippen LogP contribution in [0.2, 0.25) is 0 Å². The molecule has 1 aromatic carbocycles. The Morgan fingerprint density at radius 1 is 0.840 bits per heavy atom. The van der Waals surface area contributed by atoms with Crippen molar-refractivity contribution < 1.29 is 0 Å². The third-order valence-corrected chi connectivity index (χ3v) is 7.09. The van der Waals surface area contributed by atoms with Gasteiger partial charge < -0.3 is 0 Å². The monoisotopic (exact) mass is 339 g/mol. The van der Waals surface area contributed by atoms with E-state index in [-0.39, 0.29) is 0 Å². The molecule has 0 unspecified atom stereocenters. The van der Waals surface area contributed by atoms with E-state index >= 15 is 0 Å². The number of rotatable bonds is 7. The van der Waals surface area contributed by atoms with Crippen molar-refractivity contribution in [1.82, 2.24) is 0 Å². The van der Waals surface area contributed by atoms with Gasteiger partial charge in [0.2, 0.25) is 0 Å². The second-order valence-electron chi connectivity index (χ2n) is 8.64. The summed E-state index contributed by atoms with van der Waals surface area (Å²) in [4.78, 5) is 4.01. The normalized spacial score (nSPS) is 30.1. The topological polar surface area (TPSA) is 12.4 Å². The van der Waals surface area contributed by atoms with Crippen molar-refractivity contribution in [2.75, 3.05) is 0 Å². The van der Waals surface area contributed by atoms with E-state index in [4.69, 9.17) is 0 Å². The Hall–Kier alpha value is -1.11. The molecule has 2 aliphatic rings. The minimum Gasteiger partial charge on any atom is -0.265 e. The third-order valence-electron chi connectivity index (χ3n) is 7.09. The number of unbranched alkanes of at least 4 members (excludes halogenated alkanes) is 2. The highest BCUT2D eigenvalue weighted by molar-refractivity contribution is 5.46. The summed E-state index contributed by atoms with van der Waals surface area (Å²) in [7, 11) is 0. The van der Waals surface area contributed by atoms with Gasteiger partial charge in [-0.3, -0.25) is 4.99 Å². The molecule has 0 spiro atoms. The predicted molar refractivity (Wildman–Crippen MR) is 110 cm³/mol. The first-order chi connectivity index (χ1) is 12.3. The van der Waals surface area contributed by atoms with Gasteiger partial charge in [-0.25, -0.2) is 0 Å². The fourth-order valence-corrected chi connectivity index (χ4v) is 5.41. The van der Waals surface area contributed by atoms with Crippen LogP contribution in [-0.2, 0) is 0 Å². The van der Waals surface area contributed by atoms with Gasteiger partial charge in [-0.1, -0.05) is 57.6 Å². The Kier molecular flexibility index (Phi) is 7.13. The molecule has 2 saturated carbocycles. The second-order valence-corrected chi connectivity index (χ2v) is 8.64. The van der Waals surface area contributed by atoms with Gasteiger partial charge in [0.1, 0.15) is 0 Å². The van der Waals surface area contributed by atoms with Gasteiger partial charge in [-0.15, -0.1) is 0 Å². The first-order valence-corrected chi connectivity index (χ1v) is 10.9. The second kappa shape index (κ2) is 9.55. The van der Waals surface area contributed by atoms with Crippen LogP contribution in [0, 0.1) is 17.8 Å². The standard InChI is InChI=1S/C24H37N/c1-3-4-5-6-19-7-9-20(10-8-19)21-11-13-22(14-12-21)23-15-17-24(25-2)18-16-23/h15-22H,2-14H2,1H3. The summed E-state index contributed by atoms with van der Waals surface area (Å²) in [5.41, 5.74) is 2.51. The highest BCUT2D eigenvalue weighted by atomic mass is 14.7. The number of aliphatic imine (C=N–C) groups is 1. The average Bonchev–Trinajstić information content (AvgIpc) is 2.69. The van der Waals surface area contributed by atoms with Crippen molar-refractivity contribution in [3.63, 3.8) is 0 Å². The summed E-state index contributed by atoms with van der Waals surface area (Å²) < 4.78 is 0. The lowest BCUT2D eigenvalue weighted by atomic mass is 9.68. The molecule has 1 aromatic rings. The number of nitrogens with zero attached hydrogens (tertiary/aromatic N) is 1. The summed E-state index contributed by atoms with van der Waals surface area (Å²) in [6, 6.07) is 8.79. The van der Waals surface area contributed by atoms with Crippen LogP contribution in [0.5, 0.6) is 0 Å². The van der Waals surface area contributed by atoms with Crippen molar-refractivity contribution >= 4 is 12.4 Å². The average molecular weight is 340 g/mol. The maximum absolute atomic E-state index is 4.01. The Bertz CT molecular complexity index is 501. The zero-order chi connectivity index (χ0) is 17.5. The van der Waals surface area contributed by atoms with Gasteiger partial charge in [0.15, 0.2) is 0 Å². The summed E-state index contributed by atoms with van der Waals surface area (Å²) in [5.74, 6) is 3.88. The molecule has 0 aromatic heterocycles. The minimum atomic E-state index is 0.778. The van der Waals surface area contributed by atoms with Gasteiger partial charge in [-0.05, 0) is 86.6 Å². The molecular formula is C24H37N. The van der Waals surface area contributed by atoms with E-state index in [1.807, 2.05) is 0 Å². The molecule has 3 rings (SSSR count).